The lowest BCUT2D eigenvalue weighted by Gasteiger charge is -2.32. The van der Waals surface area contributed by atoms with Crippen LogP contribution in [0.2, 0.25) is 0 Å². The third-order valence-corrected chi connectivity index (χ3v) is 7.49. The zero-order valence-corrected chi connectivity index (χ0v) is 22.6. The molecule has 8 nitrogen and oxygen atoms in total. The van der Waals surface area contributed by atoms with Crippen molar-refractivity contribution in [1.82, 2.24) is 20.4 Å². The van der Waals surface area contributed by atoms with E-state index in [0.29, 0.717) is 57.4 Å². The lowest BCUT2D eigenvalue weighted by Crippen LogP contribution is -2.53. The first kappa shape index (κ1) is 28.2. The van der Waals surface area contributed by atoms with E-state index < -0.39 is 17.8 Å². The number of amides is 3. The number of rotatable bonds is 3. The average Bonchev–Trinajstić information content (AvgIpc) is 3.41. The van der Waals surface area contributed by atoms with Gasteiger partial charge in [-0.05, 0) is 67.0 Å². The first-order valence-electron chi connectivity index (χ1n) is 13.6. The summed E-state index contributed by atoms with van der Waals surface area (Å²) in [6.07, 6.45) is 2.40. The number of hydrogen-bond donors (Lipinski definition) is 2. The first-order chi connectivity index (χ1) is 18.7. The van der Waals surface area contributed by atoms with Crippen LogP contribution < -0.4 is 10.6 Å². The molecule has 4 rings (SSSR count). The molecule has 2 atom stereocenters. The molecule has 0 aliphatic carbocycles. The van der Waals surface area contributed by atoms with Crippen LogP contribution in [0, 0.1) is 23.1 Å². The first-order valence-corrected chi connectivity index (χ1v) is 13.6. The molecule has 9 heteroatoms. The van der Waals surface area contributed by atoms with E-state index in [9.17, 15) is 18.8 Å². The highest BCUT2D eigenvalue weighted by molar-refractivity contribution is 5.98. The maximum absolute atomic E-state index is 14.7. The van der Waals surface area contributed by atoms with Gasteiger partial charge in [-0.1, -0.05) is 32.0 Å². The summed E-state index contributed by atoms with van der Waals surface area (Å²) in [5.74, 6) is -1.39. The Bertz CT molecular complexity index is 1240. The zero-order valence-electron chi connectivity index (χ0n) is 22.6. The number of hydrogen-bond acceptors (Lipinski definition) is 5. The van der Waals surface area contributed by atoms with Gasteiger partial charge in [0.1, 0.15) is 11.9 Å². The normalized spacial score (nSPS) is 21.6. The maximum atomic E-state index is 14.7. The van der Waals surface area contributed by atoms with Gasteiger partial charge in [-0.3, -0.25) is 19.3 Å². The minimum absolute atomic E-state index is 0.0189. The summed E-state index contributed by atoms with van der Waals surface area (Å²) < 4.78 is 14.7. The fourth-order valence-electron chi connectivity index (χ4n) is 5.22. The largest absolute Gasteiger partial charge is 0.355 e. The Kier molecular flexibility index (Phi) is 9.31. The van der Waals surface area contributed by atoms with Crippen LogP contribution in [0.3, 0.4) is 0 Å². The highest BCUT2D eigenvalue weighted by atomic mass is 19.1. The Morgan fingerprint density at radius 2 is 1.87 bits per heavy atom. The molecule has 2 aromatic rings. The van der Waals surface area contributed by atoms with Crippen LogP contribution in [0.4, 0.5) is 4.39 Å². The van der Waals surface area contributed by atoms with E-state index in [4.69, 9.17) is 5.26 Å². The van der Waals surface area contributed by atoms with E-state index in [-0.39, 0.29) is 35.9 Å². The number of fused-ring (bicyclic) bond motifs is 3. The number of nitriles is 1. The van der Waals surface area contributed by atoms with E-state index in [1.165, 1.54) is 11.0 Å². The molecular weight excluding hydrogens is 497 g/mol. The second-order valence-electron chi connectivity index (χ2n) is 10.8. The van der Waals surface area contributed by atoms with Crippen molar-refractivity contribution >= 4 is 17.7 Å². The standard InChI is InChI=1S/C30H36FN5O3/c1-20(2)26-18-35(17-23-9-7-22(16-32)8-10-23)19-28(37)33-13-3-5-21-11-12-25(31)24(15-21)30(39)36-14-4-6-27(36)29(38)34-26/h7-12,15,20,26-27H,3-6,13-14,17-19H2,1-2H3,(H,33,37)(H,34,38)/t26-,27-/m0/s1. The minimum Gasteiger partial charge on any atom is -0.355 e. The van der Waals surface area contributed by atoms with Crippen LogP contribution in [0.15, 0.2) is 42.5 Å². The fourth-order valence-corrected chi connectivity index (χ4v) is 5.22. The van der Waals surface area contributed by atoms with Gasteiger partial charge < -0.3 is 15.5 Å². The maximum Gasteiger partial charge on any atom is 0.257 e. The SMILES string of the molecule is CC(C)[C@@H]1CN(Cc2ccc(C#N)cc2)CC(=O)NCCCc2ccc(F)c(c2)C(=O)N2CCC[C@H]2C(=O)N1. The van der Waals surface area contributed by atoms with Gasteiger partial charge in [0.2, 0.25) is 11.8 Å². The molecule has 206 valence electrons. The molecule has 2 aliphatic heterocycles. The van der Waals surface area contributed by atoms with Crippen LogP contribution in [0.25, 0.3) is 0 Å². The van der Waals surface area contributed by atoms with Crippen molar-refractivity contribution in [3.8, 4) is 6.07 Å². The molecule has 39 heavy (non-hydrogen) atoms. The van der Waals surface area contributed by atoms with Crippen molar-refractivity contribution in [1.29, 1.82) is 5.26 Å². The van der Waals surface area contributed by atoms with Crippen molar-refractivity contribution in [2.75, 3.05) is 26.2 Å². The van der Waals surface area contributed by atoms with Crippen molar-refractivity contribution < 1.29 is 18.8 Å². The molecule has 3 amide bonds. The number of nitrogens with zero attached hydrogens (tertiary/aromatic N) is 3. The number of nitrogens with one attached hydrogen (secondary N) is 2. The summed E-state index contributed by atoms with van der Waals surface area (Å²) in [5, 5.41) is 15.2. The van der Waals surface area contributed by atoms with E-state index in [2.05, 4.69) is 16.7 Å². The molecule has 0 saturated carbocycles. The number of aryl methyl sites for hydroxylation is 1. The average molecular weight is 534 g/mol. The van der Waals surface area contributed by atoms with E-state index in [1.54, 1.807) is 24.3 Å². The van der Waals surface area contributed by atoms with Gasteiger partial charge in [0, 0.05) is 32.2 Å². The van der Waals surface area contributed by atoms with Gasteiger partial charge in [-0.25, -0.2) is 4.39 Å². The molecule has 2 aliphatic rings. The second kappa shape index (κ2) is 12.9. The summed E-state index contributed by atoms with van der Waals surface area (Å²) in [4.78, 5) is 43.3. The molecular formula is C30H36FN5O3. The van der Waals surface area contributed by atoms with Crippen LogP contribution >= 0.6 is 0 Å². The molecule has 1 saturated heterocycles. The minimum atomic E-state index is -0.673. The number of carbonyl (C=O) groups is 3. The lowest BCUT2D eigenvalue weighted by molar-refractivity contribution is -0.126. The van der Waals surface area contributed by atoms with Gasteiger partial charge in [-0.15, -0.1) is 0 Å². The predicted molar refractivity (Wildman–Crippen MR) is 145 cm³/mol. The highest BCUT2D eigenvalue weighted by Crippen LogP contribution is 2.23. The smallest absolute Gasteiger partial charge is 0.257 e. The molecule has 1 fully saturated rings. The van der Waals surface area contributed by atoms with Gasteiger partial charge >= 0.3 is 0 Å². The van der Waals surface area contributed by atoms with Crippen molar-refractivity contribution in [2.45, 2.75) is 58.2 Å². The van der Waals surface area contributed by atoms with Crippen molar-refractivity contribution in [2.24, 2.45) is 5.92 Å². The summed E-state index contributed by atoms with van der Waals surface area (Å²) in [6, 6.07) is 12.9. The van der Waals surface area contributed by atoms with Gasteiger partial charge in [0.25, 0.3) is 5.91 Å². The number of halogens is 1. The Labute approximate surface area is 229 Å². The summed E-state index contributed by atoms with van der Waals surface area (Å²) >= 11 is 0. The number of carbonyl (C=O) groups excluding carboxylic acids is 3. The third-order valence-electron chi connectivity index (χ3n) is 7.49. The number of benzene rings is 2. The summed E-state index contributed by atoms with van der Waals surface area (Å²) in [5.41, 5.74) is 2.30. The van der Waals surface area contributed by atoms with Crippen LogP contribution in [0.1, 0.15) is 60.2 Å². The van der Waals surface area contributed by atoms with E-state index in [1.807, 2.05) is 30.9 Å². The zero-order chi connectivity index (χ0) is 27.9. The Morgan fingerprint density at radius 3 is 2.59 bits per heavy atom. The molecule has 2 bridgehead atoms. The second-order valence-corrected chi connectivity index (χ2v) is 10.8. The third kappa shape index (κ3) is 7.21. The fraction of sp³-hybridized carbons (Fsp3) is 0.467. The summed E-state index contributed by atoms with van der Waals surface area (Å²) in [6.45, 7) is 5.90. The molecule has 2 N–H and O–H groups in total. The van der Waals surface area contributed by atoms with Crippen molar-refractivity contribution in [3.63, 3.8) is 0 Å². The molecule has 0 unspecified atom stereocenters. The summed E-state index contributed by atoms with van der Waals surface area (Å²) in [7, 11) is 0. The Morgan fingerprint density at radius 1 is 1.10 bits per heavy atom. The van der Waals surface area contributed by atoms with Crippen LogP contribution in [0.5, 0.6) is 0 Å². The predicted octanol–water partition coefficient (Wildman–Crippen LogP) is 3.01. The van der Waals surface area contributed by atoms with Gasteiger partial charge in [0.15, 0.2) is 0 Å². The van der Waals surface area contributed by atoms with E-state index in [0.717, 1.165) is 11.1 Å². The van der Waals surface area contributed by atoms with Gasteiger partial charge in [0.05, 0.1) is 23.7 Å². The molecule has 2 heterocycles. The molecule has 0 aromatic heterocycles. The molecule has 0 radical (unpaired) electrons. The van der Waals surface area contributed by atoms with Crippen molar-refractivity contribution in [3.05, 3.63) is 70.5 Å². The topological polar surface area (TPSA) is 106 Å². The van der Waals surface area contributed by atoms with Crippen LogP contribution in [-0.2, 0) is 22.6 Å². The highest BCUT2D eigenvalue weighted by Gasteiger charge is 2.37. The van der Waals surface area contributed by atoms with E-state index >= 15 is 0 Å². The monoisotopic (exact) mass is 533 g/mol. The Hall–Kier alpha value is -3.77. The molecule has 2 aromatic carbocycles. The molecule has 0 spiro atoms. The van der Waals surface area contributed by atoms with Gasteiger partial charge in [-0.2, -0.15) is 5.26 Å². The van der Waals surface area contributed by atoms with Crippen LogP contribution in [-0.4, -0.2) is 65.8 Å². The quantitative estimate of drug-likeness (QED) is 0.631. The Balaban J connectivity index is 1.61. The lowest BCUT2D eigenvalue weighted by atomic mass is 10.0.